The van der Waals surface area contributed by atoms with Crippen molar-refractivity contribution < 1.29 is 9.47 Å². The van der Waals surface area contributed by atoms with Crippen molar-refractivity contribution in [2.45, 2.75) is 31.8 Å². The summed E-state index contributed by atoms with van der Waals surface area (Å²) < 4.78 is 11.9. The maximum atomic E-state index is 9.89. The lowest BCUT2D eigenvalue weighted by molar-refractivity contribution is 0.142. The summed E-state index contributed by atoms with van der Waals surface area (Å²) in [4.78, 5) is 7.05. The molecule has 0 bridgehead atoms. The minimum atomic E-state index is -0.0245. The number of aromatic nitrogens is 1. The zero-order valence-electron chi connectivity index (χ0n) is 22.3. The summed E-state index contributed by atoms with van der Waals surface area (Å²) in [6.45, 7) is 12.6. The molecule has 0 saturated carbocycles. The fourth-order valence-electron chi connectivity index (χ4n) is 5.01. The second-order valence-corrected chi connectivity index (χ2v) is 10.00. The van der Waals surface area contributed by atoms with Gasteiger partial charge in [-0.1, -0.05) is 43.9 Å². The highest BCUT2D eigenvalue weighted by molar-refractivity contribution is 5.99. The van der Waals surface area contributed by atoms with E-state index in [4.69, 9.17) is 9.47 Å². The van der Waals surface area contributed by atoms with Crippen LogP contribution in [0.15, 0.2) is 73.6 Å². The molecule has 3 heterocycles. The molecular weight excluding hydrogens is 486 g/mol. The van der Waals surface area contributed by atoms with Crippen LogP contribution in [0.5, 0.6) is 5.75 Å². The quantitative estimate of drug-likeness (QED) is 0.290. The van der Waals surface area contributed by atoms with Gasteiger partial charge in [0.2, 0.25) is 0 Å². The summed E-state index contributed by atoms with van der Waals surface area (Å²) in [5.74, 6) is 0.681. The third kappa shape index (κ3) is 6.66. The van der Waals surface area contributed by atoms with E-state index in [0.29, 0.717) is 30.2 Å². The first-order valence-corrected chi connectivity index (χ1v) is 13.6. The van der Waals surface area contributed by atoms with E-state index in [2.05, 4.69) is 45.8 Å². The Hall–Kier alpha value is -4.12. The molecule has 2 saturated heterocycles. The molecule has 0 spiro atoms. The van der Waals surface area contributed by atoms with E-state index >= 15 is 0 Å². The van der Waals surface area contributed by atoms with Crippen molar-refractivity contribution >= 4 is 34.0 Å². The van der Waals surface area contributed by atoms with Crippen molar-refractivity contribution in [1.82, 2.24) is 9.88 Å². The predicted octanol–water partition coefficient (Wildman–Crippen LogP) is 6.63. The Labute approximate surface area is 230 Å². The zero-order chi connectivity index (χ0) is 27.0. The molecule has 0 amide bonds. The molecule has 39 heavy (non-hydrogen) atoms. The van der Waals surface area contributed by atoms with Crippen molar-refractivity contribution in [3.05, 3.63) is 84.7 Å². The molecule has 3 aromatic rings. The van der Waals surface area contributed by atoms with Gasteiger partial charge in [0.1, 0.15) is 17.9 Å². The molecule has 2 aliphatic rings. The number of fused-ring (bicyclic) bond motifs is 1. The van der Waals surface area contributed by atoms with Gasteiger partial charge in [-0.25, -0.2) is 0 Å². The van der Waals surface area contributed by atoms with E-state index in [1.165, 1.54) is 19.3 Å². The monoisotopic (exact) mass is 521 g/mol. The lowest BCUT2D eigenvalue weighted by Crippen LogP contribution is -2.29. The smallest absolute Gasteiger partial charge is 0.145 e. The van der Waals surface area contributed by atoms with Crippen LogP contribution in [0.25, 0.3) is 17.0 Å². The number of rotatable bonds is 10. The number of anilines is 3. The van der Waals surface area contributed by atoms with E-state index in [-0.39, 0.29) is 6.10 Å². The Morgan fingerprint density at radius 3 is 2.87 bits per heavy atom. The van der Waals surface area contributed by atoms with Gasteiger partial charge in [-0.3, -0.25) is 9.88 Å². The van der Waals surface area contributed by atoms with Crippen LogP contribution in [0.3, 0.4) is 0 Å². The summed E-state index contributed by atoms with van der Waals surface area (Å²) in [5, 5.41) is 17.6. The summed E-state index contributed by atoms with van der Waals surface area (Å²) in [6.07, 6.45) is 12.2. The molecule has 0 aliphatic carbocycles. The molecule has 0 unspecified atom stereocenters. The van der Waals surface area contributed by atoms with Gasteiger partial charge in [-0.15, -0.1) is 0 Å². The summed E-state index contributed by atoms with van der Waals surface area (Å²) in [5.41, 5.74) is 5.24. The summed E-state index contributed by atoms with van der Waals surface area (Å²) in [6, 6.07) is 14.1. The minimum absolute atomic E-state index is 0.0245. The number of nitrogens with zero attached hydrogens (tertiary/aromatic N) is 3. The Balaban J connectivity index is 1.47. The number of nitriles is 1. The Morgan fingerprint density at radius 2 is 2.10 bits per heavy atom. The second kappa shape index (κ2) is 12.6. The maximum absolute atomic E-state index is 9.89. The first kappa shape index (κ1) is 26.5. The van der Waals surface area contributed by atoms with Crippen molar-refractivity contribution in [3.8, 4) is 11.8 Å². The van der Waals surface area contributed by atoms with Crippen molar-refractivity contribution in [2.24, 2.45) is 0 Å². The lowest BCUT2D eigenvalue weighted by Gasteiger charge is -2.24. The zero-order valence-corrected chi connectivity index (χ0v) is 22.3. The van der Waals surface area contributed by atoms with Crippen LogP contribution < -0.4 is 15.4 Å². The van der Waals surface area contributed by atoms with Crippen LogP contribution in [0.4, 0.5) is 17.1 Å². The fraction of sp³-hybridized carbons (Fsp3) is 0.312. The standard InChI is InChI=1S/C32H35N5O2/c1-3-24-10-7-11-26(17-24)36-32-25(20-33)21-34-29-19-31(39-27-12-16-38-22-27)30(18-28(29)32)35-23(2)9-8-15-37-13-5-4-6-14-37/h3,7-11,17-19,21,27,35H,1-2,4-6,12-16,22H2,(H,34,36)/b9-8+/t27-/m0/s1. The van der Waals surface area contributed by atoms with Gasteiger partial charge in [-0.05, 0) is 55.8 Å². The van der Waals surface area contributed by atoms with Gasteiger partial charge in [0, 0.05) is 42.0 Å². The number of ether oxygens (including phenoxy) is 2. The van der Waals surface area contributed by atoms with Crippen LogP contribution in [0.1, 0.15) is 36.8 Å². The average molecular weight is 522 g/mol. The molecule has 2 aromatic carbocycles. The van der Waals surface area contributed by atoms with Gasteiger partial charge in [0.15, 0.2) is 0 Å². The number of piperidine rings is 1. The maximum Gasteiger partial charge on any atom is 0.145 e. The van der Waals surface area contributed by atoms with E-state index in [0.717, 1.165) is 59.6 Å². The molecule has 2 N–H and O–H groups in total. The number of hydrogen-bond acceptors (Lipinski definition) is 7. The van der Waals surface area contributed by atoms with Gasteiger partial charge < -0.3 is 20.1 Å². The number of benzene rings is 2. The third-order valence-corrected chi connectivity index (χ3v) is 7.09. The summed E-state index contributed by atoms with van der Waals surface area (Å²) in [7, 11) is 0. The predicted molar refractivity (Wildman–Crippen MR) is 158 cm³/mol. The SMILES string of the molecule is C=Cc1cccc(Nc2c(C#N)cnc3cc(O[C@H]4CCOC4)c(NC(=C)/C=C/CN4CCCCC4)cc23)c1. The number of pyridine rings is 1. The van der Waals surface area contributed by atoms with Crippen molar-refractivity contribution in [3.63, 3.8) is 0 Å². The van der Waals surface area contributed by atoms with Crippen LogP contribution in [-0.2, 0) is 4.74 Å². The van der Waals surface area contributed by atoms with Crippen LogP contribution in [0, 0.1) is 11.3 Å². The lowest BCUT2D eigenvalue weighted by atomic mass is 10.1. The van der Waals surface area contributed by atoms with Crippen molar-refractivity contribution in [1.29, 1.82) is 5.26 Å². The number of nitrogens with one attached hydrogen (secondary N) is 2. The second-order valence-electron chi connectivity index (χ2n) is 10.00. The fourth-order valence-corrected chi connectivity index (χ4v) is 5.01. The van der Waals surface area contributed by atoms with E-state index in [9.17, 15) is 5.26 Å². The first-order chi connectivity index (χ1) is 19.1. The molecule has 2 fully saturated rings. The normalized spacial score (nSPS) is 17.7. The van der Waals surface area contributed by atoms with Gasteiger partial charge in [-0.2, -0.15) is 5.26 Å². The molecule has 200 valence electrons. The van der Waals surface area contributed by atoms with Gasteiger partial charge in [0.05, 0.1) is 35.7 Å². The molecule has 7 nitrogen and oxygen atoms in total. The first-order valence-electron chi connectivity index (χ1n) is 13.6. The van der Waals surface area contributed by atoms with E-state index in [1.807, 2.05) is 42.5 Å². The largest absolute Gasteiger partial charge is 0.486 e. The molecule has 7 heteroatoms. The number of hydrogen-bond donors (Lipinski definition) is 2. The molecule has 1 atom stereocenters. The van der Waals surface area contributed by atoms with Crippen LogP contribution in [0.2, 0.25) is 0 Å². The molecule has 1 aromatic heterocycles. The van der Waals surface area contributed by atoms with E-state index in [1.54, 1.807) is 12.3 Å². The Kier molecular flexibility index (Phi) is 8.57. The third-order valence-electron chi connectivity index (χ3n) is 7.09. The van der Waals surface area contributed by atoms with Gasteiger partial charge >= 0.3 is 0 Å². The van der Waals surface area contributed by atoms with Crippen molar-refractivity contribution in [2.75, 3.05) is 43.5 Å². The highest BCUT2D eigenvalue weighted by atomic mass is 16.5. The van der Waals surface area contributed by atoms with Crippen LogP contribution >= 0.6 is 0 Å². The number of likely N-dealkylation sites (tertiary alicyclic amines) is 1. The number of allylic oxidation sites excluding steroid dienone is 1. The van der Waals surface area contributed by atoms with Gasteiger partial charge in [0.25, 0.3) is 0 Å². The molecule has 5 rings (SSSR count). The topological polar surface area (TPSA) is 82.4 Å². The Morgan fingerprint density at radius 1 is 1.23 bits per heavy atom. The Bertz CT molecular complexity index is 1410. The molecule has 2 aliphatic heterocycles. The highest BCUT2D eigenvalue weighted by Crippen LogP contribution is 2.37. The van der Waals surface area contributed by atoms with E-state index < -0.39 is 0 Å². The minimum Gasteiger partial charge on any atom is -0.486 e. The highest BCUT2D eigenvalue weighted by Gasteiger charge is 2.21. The molecular formula is C32H35N5O2. The molecule has 0 radical (unpaired) electrons. The van der Waals surface area contributed by atoms with Crippen LogP contribution in [-0.4, -0.2) is 48.8 Å². The average Bonchev–Trinajstić information content (AvgIpc) is 3.47. The summed E-state index contributed by atoms with van der Waals surface area (Å²) >= 11 is 0.